The molecular formula is C15H14N2O. The van der Waals surface area contributed by atoms with E-state index in [1.54, 1.807) is 0 Å². The number of aryl methyl sites for hydroxylation is 2. The van der Waals surface area contributed by atoms with Crippen molar-refractivity contribution in [2.24, 2.45) is 0 Å². The Balaban J connectivity index is 2.02. The molecule has 1 aromatic heterocycles. The van der Waals surface area contributed by atoms with Gasteiger partial charge in [-0.3, -0.25) is 5.10 Å². The summed E-state index contributed by atoms with van der Waals surface area (Å²) in [5.41, 5.74) is 3.32. The first-order valence-electron chi connectivity index (χ1n) is 5.91. The molecular weight excluding hydrogens is 224 g/mol. The predicted molar refractivity (Wildman–Crippen MR) is 72.1 cm³/mol. The summed E-state index contributed by atoms with van der Waals surface area (Å²) in [5, 5.41) is 8.10. The molecule has 0 fully saturated rings. The van der Waals surface area contributed by atoms with Gasteiger partial charge in [-0.15, -0.1) is 0 Å². The lowest BCUT2D eigenvalue weighted by Crippen LogP contribution is -1.88. The minimum Gasteiger partial charge on any atom is -0.457 e. The second-order valence-corrected chi connectivity index (χ2v) is 4.44. The highest BCUT2D eigenvalue weighted by atomic mass is 16.5. The van der Waals surface area contributed by atoms with Crippen LogP contribution in [0.1, 0.15) is 11.1 Å². The van der Waals surface area contributed by atoms with Crippen LogP contribution in [0.2, 0.25) is 0 Å². The van der Waals surface area contributed by atoms with Crippen LogP contribution in [0, 0.1) is 13.8 Å². The number of benzene rings is 2. The summed E-state index contributed by atoms with van der Waals surface area (Å²) in [7, 11) is 0. The maximum absolute atomic E-state index is 5.93. The topological polar surface area (TPSA) is 37.9 Å². The molecule has 0 aliphatic rings. The quantitative estimate of drug-likeness (QED) is 0.733. The van der Waals surface area contributed by atoms with Gasteiger partial charge in [-0.05, 0) is 43.7 Å². The van der Waals surface area contributed by atoms with Gasteiger partial charge in [0.15, 0.2) is 0 Å². The third kappa shape index (κ3) is 1.84. The Morgan fingerprint density at radius 3 is 2.83 bits per heavy atom. The summed E-state index contributed by atoms with van der Waals surface area (Å²) < 4.78 is 5.93. The fraction of sp³-hybridized carbons (Fsp3) is 0.133. The van der Waals surface area contributed by atoms with E-state index in [9.17, 15) is 0 Å². The number of fused-ring (bicyclic) bond motifs is 1. The minimum absolute atomic E-state index is 0.862. The smallest absolute Gasteiger partial charge is 0.131 e. The van der Waals surface area contributed by atoms with Crippen molar-refractivity contribution in [1.82, 2.24) is 10.2 Å². The van der Waals surface area contributed by atoms with Crippen molar-refractivity contribution in [2.45, 2.75) is 13.8 Å². The highest BCUT2D eigenvalue weighted by Gasteiger charge is 2.07. The monoisotopic (exact) mass is 238 g/mol. The first-order chi connectivity index (χ1) is 8.74. The average Bonchev–Trinajstić information content (AvgIpc) is 2.82. The average molecular weight is 238 g/mol. The van der Waals surface area contributed by atoms with Crippen LogP contribution in [-0.4, -0.2) is 10.2 Å². The Morgan fingerprint density at radius 2 is 2.00 bits per heavy atom. The standard InChI is InChI=1S/C15H14N2O/c1-10-4-3-5-12(8-10)18-15-7-6-14-13(11(15)2)9-16-17-14/h3-9H,1-2H3,(H,16,17). The Morgan fingerprint density at radius 1 is 1.11 bits per heavy atom. The summed E-state index contributed by atoms with van der Waals surface area (Å²) >= 11 is 0. The van der Waals surface area contributed by atoms with Gasteiger partial charge in [0.05, 0.1) is 11.7 Å². The van der Waals surface area contributed by atoms with Crippen LogP contribution in [-0.2, 0) is 0 Å². The number of ether oxygens (including phenoxy) is 1. The molecule has 0 saturated heterocycles. The Hall–Kier alpha value is -2.29. The molecule has 0 saturated carbocycles. The number of H-pyrrole nitrogens is 1. The number of hydrogen-bond acceptors (Lipinski definition) is 2. The molecule has 0 aliphatic heterocycles. The van der Waals surface area contributed by atoms with Crippen molar-refractivity contribution in [3.63, 3.8) is 0 Å². The van der Waals surface area contributed by atoms with Crippen molar-refractivity contribution >= 4 is 10.9 Å². The summed E-state index contributed by atoms with van der Waals surface area (Å²) in [4.78, 5) is 0. The Bertz CT molecular complexity index is 701. The lowest BCUT2D eigenvalue weighted by molar-refractivity contribution is 0.479. The zero-order chi connectivity index (χ0) is 12.5. The van der Waals surface area contributed by atoms with Crippen molar-refractivity contribution in [2.75, 3.05) is 0 Å². The molecule has 0 unspecified atom stereocenters. The summed E-state index contributed by atoms with van der Waals surface area (Å²) in [6.45, 7) is 4.10. The number of rotatable bonds is 2. The van der Waals surface area contributed by atoms with Gasteiger partial charge in [0.1, 0.15) is 11.5 Å². The highest BCUT2D eigenvalue weighted by Crippen LogP contribution is 2.30. The summed E-state index contributed by atoms with van der Waals surface area (Å²) in [5.74, 6) is 1.73. The van der Waals surface area contributed by atoms with E-state index >= 15 is 0 Å². The van der Waals surface area contributed by atoms with Crippen LogP contribution in [0.25, 0.3) is 10.9 Å². The first-order valence-corrected chi connectivity index (χ1v) is 5.91. The zero-order valence-electron chi connectivity index (χ0n) is 10.4. The number of nitrogens with one attached hydrogen (secondary N) is 1. The largest absolute Gasteiger partial charge is 0.457 e. The van der Waals surface area contributed by atoms with E-state index in [0.29, 0.717) is 0 Å². The van der Waals surface area contributed by atoms with Crippen LogP contribution in [0.5, 0.6) is 11.5 Å². The fourth-order valence-corrected chi connectivity index (χ4v) is 2.06. The Kier molecular flexibility index (Phi) is 2.52. The van der Waals surface area contributed by atoms with Crippen LogP contribution in [0.4, 0.5) is 0 Å². The normalized spacial score (nSPS) is 10.8. The predicted octanol–water partition coefficient (Wildman–Crippen LogP) is 3.97. The second-order valence-electron chi connectivity index (χ2n) is 4.44. The van der Waals surface area contributed by atoms with Gasteiger partial charge in [0.2, 0.25) is 0 Å². The van der Waals surface area contributed by atoms with E-state index in [4.69, 9.17) is 4.74 Å². The van der Waals surface area contributed by atoms with E-state index < -0.39 is 0 Å². The van der Waals surface area contributed by atoms with Gasteiger partial charge in [-0.25, -0.2) is 0 Å². The molecule has 18 heavy (non-hydrogen) atoms. The van der Waals surface area contributed by atoms with E-state index in [1.807, 2.05) is 43.5 Å². The maximum Gasteiger partial charge on any atom is 0.131 e. The lowest BCUT2D eigenvalue weighted by Gasteiger charge is -2.09. The van der Waals surface area contributed by atoms with Gasteiger partial charge in [-0.1, -0.05) is 12.1 Å². The van der Waals surface area contributed by atoms with Crippen LogP contribution < -0.4 is 4.74 Å². The molecule has 0 radical (unpaired) electrons. The van der Waals surface area contributed by atoms with Gasteiger partial charge in [-0.2, -0.15) is 5.10 Å². The fourth-order valence-electron chi connectivity index (χ4n) is 2.06. The summed E-state index contributed by atoms with van der Waals surface area (Å²) in [6.07, 6.45) is 1.83. The van der Waals surface area contributed by atoms with Gasteiger partial charge >= 0.3 is 0 Å². The molecule has 0 spiro atoms. The molecule has 90 valence electrons. The number of aromatic nitrogens is 2. The minimum atomic E-state index is 0.862. The molecule has 0 amide bonds. The second kappa shape index (κ2) is 4.18. The van der Waals surface area contributed by atoms with Crippen LogP contribution in [0.15, 0.2) is 42.6 Å². The van der Waals surface area contributed by atoms with Crippen molar-refractivity contribution in [3.8, 4) is 11.5 Å². The number of aromatic amines is 1. The van der Waals surface area contributed by atoms with Crippen molar-refractivity contribution in [1.29, 1.82) is 0 Å². The SMILES string of the molecule is Cc1cccc(Oc2ccc3[nH]ncc3c2C)c1. The third-order valence-corrected chi connectivity index (χ3v) is 3.06. The summed E-state index contributed by atoms with van der Waals surface area (Å²) in [6, 6.07) is 12.0. The first kappa shape index (κ1) is 10.8. The molecule has 0 atom stereocenters. The Labute approximate surface area is 105 Å². The van der Waals surface area contributed by atoms with Crippen molar-refractivity contribution < 1.29 is 4.74 Å². The maximum atomic E-state index is 5.93. The third-order valence-electron chi connectivity index (χ3n) is 3.06. The van der Waals surface area contributed by atoms with Crippen LogP contribution in [0.3, 0.4) is 0 Å². The molecule has 0 aliphatic carbocycles. The van der Waals surface area contributed by atoms with Gasteiger partial charge < -0.3 is 4.74 Å². The molecule has 3 heteroatoms. The van der Waals surface area contributed by atoms with E-state index in [-0.39, 0.29) is 0 Å². The highest BCUT2D eigenvalue weighted by molar-refractivity contribution is 5.83. The molecule has 1 heterocycles. The van der Waals surface area contributed by atoms with E-state index in [2.05, 4.69) is 23.2 Å². The molecule has 1 N–H and O–H groups in total. The zero-order valence-corrected chi connectivity index (χ0v) is 10.4. The molecule has 3 nitrogen and oxygen atoms in total. The molecule has 3 aromatic rings. The van der Waals surface area contributed by atoms with Gasteiger partial charge in [0.25, 0.3) is 0 Å². The van der Waals surface area contributed by atoms with Crippen LogP contribution >= 0.6 is 0 Å². The van der Waals surface area contributed by atoms with Gasteiger partial charge in [0, 0.05) is 10.9 Å². The van der Waals surface area contributed by atoms with E-state index in [0.717, 1.165) is 28.0 Å². The molecule has 0 bridgehead atoms. The van der Waals surface area contributed by atoms with E-state index in [1.165, 1.54) is 5.56 Å². The molecule has 2 aromatic carbocycles. The number of nitrogens with zero attached hydrogens (tertiary/aromatic N) is 1. The van der Waals surface area contributed by atoms with Crippen molar-refractivity contribution in [3.05, 3.63) is 53.7 Å². The molecule has 3 rings (SSSR count). The lowest BCUT2D eigenvalue weighted by atomic mass is 10.1. The number of hydrogen-bond donors (Lipinski definition) is 1.